The van der Waals surface area contributed by atoms with Gasteiger partial charge in [-0.15, -0.1) is 10.2 Å². The predicted octanol–water partition coefficient (Wildman–Crippen LogP) is 2.33. The molecule has 0 saturated carbocycles. The number of carbonyl (C=O) groups excluding carboxylic acids is 4. The van der Waals surface area contributed by atoms with Crippen molar-refractivity contribution in [1.29, 1.82) is 0 Å². The summed E-state index contributed by atoms with van der Waals surface area (Å²) >= 11 is 0. The van der Waals surface area contributed by atoms with Crippen LogP contribution in [-0.4, -0.2) is 109 Å². The van der Waals surface area contributed by atoms with Crippen molar-refractivity contribution in [2.24, 2.45) is 5.84 Å². The quantitative estimate of drug-likeness (QED) is 0.0429. The van der Waals surface area contributed by atoms with Crippen LogP contribution in [0.4, 0.5) is 14.6 Å². The van der Waals surface area contributed by atoms with Crippen molar-refractivity contribution in [3.05, 3.63) is 219 Å². The molecule has 0 saturated heterocycles. The minimum atomic E-state index is -0.786. The Morgan fingerprint density at radius 2 is 1.02 bits per heavy atom. The number of hydrogen-bond acceptors (Lipinski definition) is 19. The number of halogens is 2. The van der Waals surface area contributed by atoms with Gasteiger partial charge in [-0.2, -0.15) is 5.10 Å². The maximum absolute atomic E-state index is 12.9. The minimum Gasteiger partial charge on any atom is -0.462 e. The summed E-state index contributed by atoms with van der Waals surface area (Å²) < 4.78 is 40.9. The van der Waals surface area contributed by atoms with Gasteiger partial charge < -0.3 is 14.9 Å². The summed E-state index contributed by atoms with van der Waals surface area (Å²) in [6.45, 7) is 11.0. The fraction of sp³-hybridized carbons (Fsp3) is 0.167. The van der Waals surface area contributed by atoms with Crippen molar-refractivity contribution in [1.82, 2.24) is 95.1 Å². The maximum Gasteiger partial charge on any atom is 0.345 e. The number of fused-ring (bicyclic) bond motifs is 4. The van der Waals surface area contributed by atoms with Gasteiger partial charge in [0, 0.05) is 83.6 Å². The number of benzene rings is 2. The molecule has 10 aromatic heterocycles. The number of amides is 3. The van der Waals surface area contributed by atoms with Crippen molar-refractivity contribution < 1.29 is 37.1 Å². The second-order valence-corrected chi connectivity index (χ2v) is 18.7. The number of rotatable bonds is 9. The first-order valence-electron chi connectivity index (χ1n) is 25.7. The molecule has 0 aliphatic rings. The second-order valence-electron chi connectivity index (χ2n) is 18.7. The maximum atomic E-state index is 12.9. The van der Waals surface area contributed by atoms with Crippen LogP contribution in [0.2, 0.25) is 0 Å². The fourth-order valence-electron chi connectivity index (χ4n) is 7.88. The Morgan fingerprint density at radius 3 is 1.47 bits per heavy atom. The molecule has 0 fully saturated rings. The Balaban J connectivity index is 0.000000148. The van der Waals surface area contributed by atoms with Crippen LogP contribution in [0.3, 0.4) is 0 Å². The minimum absolute atomic E-state index is 0.0490. The van der Waals surface area contributed by atoms with Gasteiger partial charge in [0.15, 0.2) is 22.6 Å². The van der Waals surface area contributed by atoms with Crippen molar-refractivity contribution in [3.8, 4) is 11.5 Å². The van der Waals surface area contributed by atoms with E-state index in [1.165, 1.54) is 68.5 Å². The standard InChI is InChI=1S/C16H14FN5O3.C16H12FN5O2.C10H11N3O3.C8H9N5O2.C4H7N3/c1-9-6-13-18-8-12(16(25)22(13)21-9)15(24)20-19-14(23)7-10-2-4-11(17)5-3-10;1-9-6-13-18-8-12(16(23)22(13)21-9)15-20-19-14(24-15)7-10-2-4-11(17)5-3-10;1-3-16-10(15)7-5-11-8-4-6(2)12-13(8)9(7)14;1-4-2-6-10-3-5(7(14)11-9)8(15)13(6)12-4;1-3-2-4(5)7-6-3/h2-6,8,21H,7H2,1H3,(H,19,23)(H,20,24);2-6,8,21H,7H2,1H3;4-5,12H,3H2,1-2H3;2-3,12H,9H2,1H3,(H,11,14);2H,1H3,(H3,5,6,7). The van der Waals surface area contributed by atoms with E-state index in [1.807, 2.05) is 19.3 Å². The molecule has 0 aliphatic carbocycles. The first-order valence-corrected chi connectivity index (χ1v) is 25.7. The van der Waals surface area contributed by atoms with Gasteiger partial charge in [0.25, 0.3) is 39.9 Å². The van der Waals surface area contributed by atoms with Gasteiger partial charge in [-0.1, -0.05) is 24.3 Å². The molecule has 0 aliphatic heterocycles. The molecule has 0 bridgehead atoms. The van der Waals surface area contributed by atoms with E-state index in [0.717, 1.165) is 44.7 Å². The van der Waals surface area contributed by atoms with Crippen LogP contribution < -0.4 is 50.1 Å². The number of nitrogen functional groups attached to an aromatic ring is 2. The lowest BCUT2D eigenvalue weighted by atomic mass is 10.1. The van der Waals surface area contributed by atoms with Crippen LogP contribution in [0.25, 0.3) is 34.0 Å². The van der Waals surface area contributed by atoms with Crippen molar-refractivity contribution >= 4 is 52.1 Å². The lowest BCUT2D eigenvalue weighted by molar-refractivity contribution is -0.121. The van der Waals surface area contributed by atoms with Crippen molar-refractivity contribution in [2.75, 3.05) is 12.3 Å². The van der Waals surface area contributed by atoms with E-state index in [2.05, 4.69) is 71.6 Å². The Morgan fingerprint density at radius 1 is 0.575 bits per heavy atom. The summed E-state index contributed by atoms with van der Waals surface area (Å²) in [6, 6.07) is 20.0. The third kappa shape index (κ3) is 15.0. The summed E-state index contributed by atoms with van der Waals surface area (Å²) in [7, 11) is 0. The van der Waals surface area contributed by atoms with Gasteiger partial charge in [0.2, 0.25) is 11.8 Å². The van der Waals surface area contributed by atoms with E-state index in [1.54, 1.807) is 70.2 Å². The van der Waals surface area contributed by atoms with Crippen LogP contribution in [0.1, 0.15) is 83.5 Å². The summed E-state index contributed by atoms with van der Waals surface area (Å²) in [4.78, 5) is 111. The number of anilines is 1. The van der Waals surface area contributed by atoms with Crippen LogP contribution in [0.15, 0.2) is 127 Å². The smallest absolute Gasteiger partial charge is 0.345 e. The lowest BCUT2D eigenvalue weighted by Gasteiger charge is -2.07. The lowest BCUT2D eigenvalue weighted by Crippen LogP contribution is -2.44. The van der Waals surface area contributed by atoms with Gasteiger partial charge in [0.05, 0.1) is 19.4 Å². The molecular formula is C54H53F2N21O10. The fourth-order valence-corrected chi connectivity index (χ4v) is 7.88. The van der Waals surface area contributed by atoms with E-state index in [9.17, 15) is 47.1 Å². The highest BCUT2D eigenvalue weighted by Crippen LogP contribution is 2.17. The zero-order valence-electron chi connectivity index (χ0n) is 46.8. The van der Waals surface area contributed by atoms with E-state index in [-0.39, 0.29) is 52.5 Å². The van der Waals surface area contributed by atoms with Crippen LogP contribution in [0, 0.1) is 46.3 Å². The molecule has 0 spiro atoms. The summed E-state index contributed by atoms with van der Waals surface area (Å²) in [6.07, 6.45) is 5.31. The Kier molecular flexibility index (Phi) is 18.9. The van der Waals surface area contributed by atoms with Crippen molar-refractivity contribution in [2.45, 2.75) is 54.4 Å². The molecule has 12 aromatic rings. The first kappa shape index (κ1) is 61.1. The number of aromatic amines is 5. The van der Waals surface area contributed by atoms with Gasteiger partial charge >= 0.3 is 5.97 Å². The molecule has 2 aromatic carbocycles. The number of ether oxygens (including phenoxy) is 1. The van der Waals surface area contributed by atoms with Crippen LogP contribution in [0.5, 0.6) is 0 Å². The molecule has 0 radical (unpaired) electrons. The van der Waals surface area contributed by atoms with E-state index in [0.29, 0.717) is 46.3 Å². The van der Waals surface area contributed by atoms with Crippen LogP contribution in [-0.2, 0) is 22.4 Å². The highest BCUT2D eigenvalue weighted by molar-refractivity contribution is 5.95. The number of aromatic nitrogens is 16. The predicted molar refractivity (Wildman–Crippen MR) is 306 cm³/mol. The largest absolute Gasteiger partial charge is 0.462 e. The zero-order chi connectivity index (χ0) is 62.6. The van der Waals surface area contributed by atoms with E-state index in [4.69, 9.17) is 20.7 Å². The molecule has 12 N–H and O–H groups in total. The average Bonchev–Trinajstić information content (AvgIpc) is 2.28. The van der Waals surface area contributed by atoms with Crippen molar-refractivity contribution in [3.63, 3.8) is 0 Å². The summed E-state index contributed by atoms with van der Waals surface area (Å²) in [5.74, 6) is 2.62. The average molecular weight is 1190 g/mol. The first-order chi connectivity index (χ1) is 41.6. The number of H-pyrrole nitrogens is 5. The summed E-state index contributed by atoms with van der Waals surface area (Å²) in [5, 5.41) is 25.5. The van der Waals surface area contributed by atoms with Gasteiger partial charge in [-0.25, -0.2) is 57.4 Å². The highest BCUT2D eigenvalue weighted by atomic mass is 19.1. The van der Waals surface area contributed by atoms with E-state index >= 15 is 0 Å². The molecule has 87 heavy (non-hydrogen) atoms. The molecule has 0 atom stereocenters. The number of aryl methyl sites for hydroxylation is 5. The number of esters is 1. The zero-order valence-corrected chi connectivity index (χ0v) is 46.8. The molecule has 448 valence electrons. The molecule has 12 rings (SSSR count). The van der Waals surface area contributed by atoms with Gasteiger partial charge in [0.1, 0.15) is 39.7 Å². The number of nitrogens with two attached hydrogens (primary N) is 2. The number of nitrogens with zero attached hydrogens (tertiary/aromatic N) is 11. The Bertz CT molecular complexity index is 4700. The Labute approximate surface area is 485 Å². The number of hydrogen-bond donors (Lipinski definition) is 10. The SMILES string of the molecule is CCOC(=O)c1cnc2cc(C)[nH]n2c1=O.Cc1cc(N)n[nH]1.Cc1cc2ncc(-c3nnc(Cc4ccc(F)cc4)o3)c(=O)n2[nH]1.Cc1cc2ncc(C(=O)NN)c(=O)n2[nH]1.Cc1cc2ncc(C(=O)NNC(=O)Cc3ccc(F)cc3)c(=O)n2[nH]1. The summed E-state index contributed by atoms with van der Waals surface area (Å²) in [5.41, 5.74) is 16.9. The molecular weight excluding hydrogens is 1140 g/mol. The third-order valence-electron chi connectivity index (χ3n) is 11.9. The molecule has 3 amide bonds. The van der Waals surface area contributed by atoms with Gasteiger partial charge in [-0.3, -0.25) is 75.3 Å². The van der Waals surface area contributed by atoms with E-state index < -0.39 is 46.2 Å². The number of hydrazine groups is 2. The monoisotopic (exact) mass is 1190 g/mol. The molecule has 10 heterocycles. The van der Waals surface area contributed by atoms with Gasteiger partial charge in [-0.05, 0) is 76.9 Å². The highest BCUT2D eigenvalue weighted by Gasteiger charge is 2.19. The molecule has 31 nitrogen and oxygen atoms in total. The number of nitrogens with one attached hydrogen (secondary N) is 8. The Hall–Kier alpha value is -12.0. The normalized spacial score (nSPS) is 10.7. The third-order valence-corrected chi connectivity index (χ3v) is 11.9. The molecule has 33 heteroatoms. The topological polar surface area (TPSA) is 434 Å². The molecule has 0 unspecified atom stereocenters. The van der Waals surface area contributed by atoms with Crippen LogP contribution >= 0.6 is 0 Å². The second kappa shape index (κ2) is 26.9. The number of carbonyl (C=O) groups is 4.